The number of fused-ring (bicyclic) bond motifs is 2. The van der Waals surface area contributed by atoms with Crippen molar-refractivity contribution in [1.29, 1.82) is 0 Å². The number of non-ortho nitro benzene ring substituents is 1. The third kappa shape index (κ3) is 3.59. The molecule has 30 heavy (non-hydrogen) atoms. The van der Waals surface area contributed by atoms with Crippen molar-refractivity contribution in [2.45, 2.75) is 29.7 Å². The van der Waals surface area contributed by atoms with Gasteiger partial charge in [0, 0.05) is 41.3 Å². The number of hydrogen-bond acceptors (Lipinski definition) is 8. The number of nitrogens with zero attached hydrogens (tertiary/aromatic N) is 5. The van der Waals surface area contributed by atoms with E-state index in [0.29, 0.717) is 35.1 Å². The SMILES string of the molecule is O=C1C[C@H](c2cccs2)Cc2nc3nc(SCc4cccc([N+](=O)[O-])c4)nn3cc21. The van der Waals surface area contributed by atoms with Crippen LogP contribution in [-0.2, 0) is 12.2 Å². The van der Waals surface area contributed by atoms with Gasteiger partial charge in [0.25, 0.3) is 11.5 Å². The number of carbonyl (C=O) groups is 1. The van der Waals surface area contributed by atoms with Crippen LogP contribution in [0.4, 0.5) is 5.69 Å². The Labute approximate surface area is 179 Å². The Bertz CT molecular complexity index is 1270. The number of ketones is 1. The molecule has 1 aliphatic carbocycles. The van der Waals surface area contributed by atoms with Gasteiger partial charge in [-0.1, -0.05) is 30.0 Å². The van der Waals surface area contributed by atoms with Gasteiger partial charge >= 0.3 is 0 Å². The van der Waals surface area contributed by atoms with E-state index in [1.165, 1.54) is 27.2 Å². The molecule has 0 radical (unpaired) electrons. The Balaban J connectivity index is 1.38. The van der Waals surface area contributed by atoms with Crippen LogP contribution >= 0.6 is 23.1 Å². The number of thioether (sulfide) groups is 1. The van der Waals surface area contributed by atoms with Gasteiger partial charge in [0.15, 0.2) is 5.78 Å². The lowest BCUT2D eigenvalue weighted by Gasteiger charge is -2.21. The van der Waals surface area contributed by atoms with Gasteiger partial charge in [-0.25, -0.2) is 9.50 Å². The first kappa shape index (κ1) is 18.9. The lowest BCUT2D eigenvalue weighted by Crippen LogP contribution is -2.20. The summed E-state index contributed by atoms with van der Waals surface area (Å²) in [6, 6.07) is 10.6. The number of benzene rings is 1. The molecular weight excluding hydrogens is 422 g/mol. The zero-order valence-electron chi connectivity index (χ0n) is 15.6. The summed E-state index contributed by atoms with van der Waals surface area (Å²) in [4.78, 5) is 33.5. The van der Waals surface area contributed by atoms with Crippen LogP contribution in [0.15, 0.2) is 53.1 Å². The molecule has 0 bridgehead atoms. The summed E-state index contributed by atoms with van der Waals surface area (Å²) in [5.74, 6) is 1.18. The highest BCUT2D eigenvalue weighted by molar-refractivity contribution is 7.98. The van der Waals surface area contributed by atoms with Crippen molar-refractivity contribution in [2.75, 3.05) is 0 Å². The minimum absolute atomic E-state index is 0.0595. The van der Waals surface area contributed by atoms with Gasteiger partial charge in [-0.3, -0.25) is 14.9 Å². The molecule has 5 rings (SSSR count). The van der Waals surface area contributed by atoms with Crippen molar-refractivity contribution < 1.29 is 9.72 Å². The van der Waals surface area contributed by atoms with Crippen molar-refractivity contribution in [3.8, 4) is 0 Å². The molecule has 1 aliphatic rings. The van der Waals surface area contributed by atoms with Crippen molar-refractivity contribution in [2.24, 2.45) is 0 Å². The predicted octanol–water partition coefficient (Wildman–Crippen LogP) is 4.30. The summed E-state index contributed by atoms with van der Waals surface area (Å²) in [5, 5.41) is 17.9. The molecule has 1 aromatic carbocycles. The fourth-order valence-corrected chi connectivity index (χ4v) is 5.16. The zero-order chi connectivity index (χ0) is 20.7. The molecule has 10 heteroatoms. The predicted molar refractivity (Wildman–Crippen MR) is 113 cm³/mol. The maximum absolute atomic E-state index is 12.7. The third-order valence-corrected chi connectivity index (χ3v) is 6.94. The standard InChI is InChI=1S/C20H15N5O3S2/c26-17-9-13(18-5-2-6-29-18)8-16-15(17)10-24-19(21-16)22-20(23-24)30-11-12-3-1-4-14(7-12)25(27)28/h1-7,10,13H,8-9,11H2/t13-/m1/s1. The number of rotatable bonds is 5. The maximum Gasteiger partial charge on any atom is 0.269 e. The molecule has 0 fully saturated rings. The largest absolute Gasteiger partial charge is 0.294 e. The van der Waals surface area contributed by atoms with Crippen LogP contribution in [-0.4, -0.2) is 30.3 Å². The average molecular weight is 438 g/mol. The van der Waals surface area contributed by atoms with Crippen LogP contribution in [0.3, 0.4) is 0 Å². The summed E-state index contributed by atoms with van der Waals surface area (Å²) in [6.07, 6.45) is 2.90. The summed E-state index contributed by atoms with van der Waals surface area (Å²) in [7, 11) is 0. The number of Topliss-reactive ketones (excluding diaryl/α,β-unsaturated/α-hetero) is 1. The molecule has 0 saturated carbocycles. The zero-order valence-corrected chi connectivity index (χ0v) is 17.2. The van der Waals surface area contributed by atoms with Crippen molar-refractivity contribution in [3.63, 3.8) is 0 Å². The minimum Gasteiger partial charge on any atom is -0.294 e. The van der Waals surface area contributed by atoms with Crippen molar-refractivity contribution >= 4 is 40.3 Å². The van der Waals surface area contributed by atoms with Gasteiger partial charge < -0.3 is 0 Å². The molecular formula is C20H15N5O3S2. The first-order valence-corrected chi connectivity index (χ1v) is 11.1. The number of aromatic nitrogens is 4. The molecule has 8 nitrogen and oxygen atoms in total. The van der Waals surface area contributed by atoms with E-state index in [0.717, 1.165) is 11.3 Å². The van der Waals surface area contributed by atoms with Gasteiger partial charge in [0.1, 0.15) is 0 Å². The Hall–Kier alpha value is -3.11. The van der Waals surface area contributed by atoms with E-state index in [9.17, 15) is 14.9 Å². The number of thiophene rings is 1. The van der Waals surface area contributed by atoms with Crippen LogP contribution in [0.5, 0.6) is 0 Å². The first-order chi connectivity index (χ1) is 14.6. The van der Waals surface area contributed by atoms with Crippen molar-refractivity contribution in [1.82, 2.24) is 19.6 Å². The lowest BCUT2D eigenvalue weighted by molar-refractivity contribution is -0.384. The molecule has 0 spiro atoms. The highest BCUT2D eigenvalue weighted by Gasteiger charge is 2.29. The van der Waals surface area contributed by atoms with Crippen LogP contribution < -0.4 is 0 Å². The van der Waals surface area contributed by atoms with Gasteiger partial charge in [0.2, 0.25) is 5.16 Å². The average Bonchev–Trinajstić information content (AvgIpc) is 3.40. The van der Waals surface area contributed by atoms with E-state index in [2.05, 4.69) is 21.1 Å². The van der Waals surface area contributed by atoms with Crippen LogP contribution in [0.1, 0.15) is 38.8 Å². The van der Waals surface area contributed by atoms with E-state index in [1.54, 1.807) is 29.7 Å². The second kappa shape index (κ2) is 7.62. The highest BCUT2D eigenvalue weighted by atomic mass is 32.2. The van der Waals surface area contributed by atoms with Gasteiger partial charge in [0.05, 0.1) is 16.2 Å². The molecule has 0 aliphatic heterocycles. The second-order valence-corrected chi connectivity index (χ2v) is 8.92. The lowest BCUT2D eigenvalue weighted by atomic mass is 9.86. The monoisotopic (exact) mass is 437 g/mol. The second-order valence-electron chi connectivity index (χ2n) is 7.00. The summed E-state index contributed by atoms with van der Waals surface area (Å²) in [6.45, 7) is 0. The maximum atomic E-state index is 12.7. The van der Waals surface area contributed by atoms with Gasteiger partial charge in [-0.15, -0.1) is 16.4 Å². The Morgan fingerprint density at radius 2 is 2.13 bits per heavy atom. The van der Waals surface area contributed by atoms with E-state index in [4.69, 9.17) is 0 Å². The molecule has 0 N–H and O–H groups in total. The summed E-state index contributed by atoms with van der Waals surface area (Å²) in [5.41, 5.74) is 2.24. The summed E-state index contributed by atoms with van der Waals surface area (Å²) >= 11 is 3.04. The number of carbonyl (C=O) groups excluding carboxylic acids is 1. The number of nitro benzene ring substituents is 1. The van der Waals surface area contributed by atoms with Crippen molar-refractivity contribution in [3.05, 3.63) is 79.8 Å². The molecule has 3 aromatic heterocycles. The summed E-state index contributed by atoms with van der Waals surface area (Å²) < 4.78 is 1.54. The minimum atomic E-state index is -0.410. The molecule has 0 unspecified atom stereocenters. The fraction of sp³-hybridized carbons (Fsp3) is 0.200. The quantitative estimate of drug-likeness (QED) is 0.260. The Kier molecular flexibility index (Phi) is 4.80. The molecule has 4 aromatic rings. The highest BCUT2D eigenvalue weighted by Crippen LogP contribution is 2.34. The van der Waals surface area contributed by atoms with Crippen LogP contribution in [0.25, 0.3) is 5.78 Å². The Morgan fingerprint density at radius 3 is 2.93 bits per heavy atom. The topological polar surface area (TPSA) is 103 Å². The number of hydrogen-bond donors (Lipinski definition) is 0. The van der Waals surface area contributed by atoms with Crippen LogP contribution in [0.2, 0.25) is 0 Å². The smallest absolute Gasteiger partial charge is 0.269 e. The van der Waals surface area contributed by atoms with E-state index < -0.39 is 4.92 Å². The van der Waals surface area contributed by atoms with Crippen LogP contribution in [0, 0.1) is 10.1 Å². The van der Waals surface area contributed by atoms with E-state index in [-0.39, 0.29) is 17.4 Å². The molecule has 150 valence electrons. The van der Waals surface area contributed by atoms with E-state index >= 15 is 0 Å². The third-order valence-electron chi connectivity index (χ3n) is 5.00. The fourth-order valence-electron chi connectivity index (χ4n) is 3.56. The van der Waals surface area contributed by atoms with E-state index in [1.807, 2.05) is 17.5 Å². The normalized spacial score (nSPS) is 16.0. The molecule has 0 saturated heterocycles. The molecule has 0 amide bonds. The Morgan fingerprint density at radius 1 is 1.23 bits per heavy atom. The first-order valence-electron chi connectivity index (χ1n) is 9.26. The van der Waals surface area contributed by atoms with Gasteiger partial charge in [-0.2, -0.15) is 4.98 Å². The number of nitro groups is 1. The van der Waals surface area contributed by atoms with Gasteiger partial charge in [-0.05, 0) is 23.4 Å². The molecule has 3 heterocycles. The molecule has 1 atom stereocenters.